The second-order valence-electron chi connectivity index (χ2n) is 4.50. The predicted octanol–water partition coefficient (Wildman–Crippen LogP) is 3.63. The van der Waals surface area contributed by atoms with Crippen LogP contribution in [0.2, 0.25) is 0 Å². The summed E-state index contributed by atoms with van der Waals surface area (Å²) in [7, 11) is 0. The summed E-state index contributed by atoms with van der Waals surface area (Å²) in [5, 5.41) is 18.3. The van der Waals surface area contributed by atoms with Crippen molar-refractivity contribution in [3.05, 3.63) is 53.6 Å². The predicted molar refractivity (Wildman–Crippen MR) is 79.4 cm³/mol. The smallest absolute Gasteiger partial charge is 0.169 e. The van der Waals surface area contributed by atoms with Crippen molar-refractivity contribution in [3.63, 3.8) is 0 Å². The van der Waals surface area contributed by atoms with Gasteiger partial charge >= 0.3 is 0 Å². The molecule has 2 rings (SSSR count). The quantitative estimate of drug-likeness (QED) is 0.879. The summed E-state index contributed by atoms with van der Waals surface area (Å²) in [4.78, 5) is 0. The molecule has 21 heavy (non-hydrogen) atoms. The van der Waals surface area contributed by atoms with Gasteiger partial charge in [0, 0.05) is 0 Å². The summed E-state index contributed by atoms with van der Waals surface area (Å²) < 4.78 is 11.4. The Morgan fingerprint density at radius 1 is 1.10 bits per heavy atom. The Bertz CT molecular complexity index is 647. The molecule has 0 aliphatic heterocycles. The molecular weight excluding hydrogens is 266 g/mol. The first-order valence-corrected chi connectivity index (χ1v) is 6.82. The van der Waals surface area contributed by atoms with Crippen molar-refractivity contribution >= 4 is 0 Å². The Kier molecular flexibility index (Phi) is 5.19. The van der Waals surface area contributed by atoms with Gasteiger partial charge in [-0.3, -0.25) is 0 Å². The highest BCUT2D eigenvalue weighted by Gasteiger charge is 2.09. The van der Waals surface area contributed by atoms with E-state index in [1.165, 1.54) is 0 Å². The summed E-state index contributed by atoms with van der Waals surface area (Å²) in [6.07, 6.45) is 0.906. The maximum absolute atomic E-state index is 9.18. The van der Waals surface area contributed by atoms with Crippen LogP contribution in [0.3, 0.4) is 0 Å². The molecule has 0 aliphatic rings. The van der Waals surface area contributed by atoms with Gasteiger partial charge < -0.3 is 14.6 Å². The zero-order valence-corrected chi connectivity index (χ0v) is 11.9. The zero-order chi connectivity index (χ0) is 15.1. The maximum atomic E-state index is 9.18. The summed E-state index contributed by atoms with van der Waals surface area (Å²) in [5.41, 5.74) is 1.06. The molecule has 0 saturated carbocycles. The van der Waals surface area contributed by atoms with E-state index in [-0.39, 0.29) is 6.61 Å². The highest BCUT2D eigenvalue weighted by Crippen LogP contribution is 2.33. The Labute approximate surface area is 124 Å². The van der Waals surface area contributed by atoms with Crippen molar-refractivity contribution in [1.82, 2.24) is 0 Å². The van der Waals surface area contributed by atoms with Crippen molar-refractivity contribution in [2.24, 2.45) is 0 Å². The largest absolute Gasteiger partial charge is 0.490 e. The molecule has 2 aromatic rings. The fraction of sp³-hybridized carbons (Fsp3) is 0.235. The first-order chi connectivity index (χ1) is 10.3. The number of hydrogen-bond acceptors (Lipinski definition) is 4. The van der Waals surface area contributed by atoms with Gasteiger partial charge in [0.05, 0.1) is 18.8 Å². The second kappa shape index (κ2) is 7.32. The summed E-state index contributed by atoms with van der Waals surface area (Å²) in [5.74, 6) is 1.66. The molecule has 0 spiro atoms. The van der Waals surface area contributed by atoms with E-state index in [1.807, 2.05) is 25.1 Å². The van der Waals surface area contributed by atoms with Crippen LogP contribution in [0.25, 0.3) is 0 Å². The molecule has 0 aliphatic carbocycles. The lowest BCUT2D eigenvalue weighted by atomic mass is 10.1. The Hall–Kier alpha value is -2.51. The third-order valence-electron chi connectivity index (χ3n) is 2.88. The van der Waals surface area contributed by atoms with E-state index in [2.05, 4.69) is 6.07 Å². The number of nitriles is 1. The van der Waals surface area contributed by atoms with E-state index in [0.29, 0.717) is 35.0 Å². The minimum Gasteiger partial charge on any atom is -0.490 e. The van der Waals surface area contributed by atoms with E-state index in [1.54, 1.807) is 24.3 Å². The van der Waals surface area contributed by atoms with Gasteiger partial charge in [-0.25, -0.2) is 0 Å². The van der Waals surface area contributed by atoms with E-state index in [4.69, 9.17) is 14.6 Å². The number of rotatable bonds is 6. The van der Waals surface area contributed by atoms with Crippen LogP contribution in [0.4, 0.5) is 0 Å². The number of nitrogens with zero attached hydrogens (tertiary/aromatic N) is 1. The van der Waals surface area contributed by atoms with Gasteiger partial charge in [-0.1, -0.05) is 25.1 Å². The van der Waals surface area contributed by atoms with Crippen LogP contribution in [0.15, 0.2) is 42.5 Å². The van der Waals surface area contributed by atoms with Crippen LogP contribution < -0.4 is 9.47 Å². The molecule has 0 saturated heterocycles. The van der Waals surface area contributed by atoms with Crippen molar-refractivity contribution in [3.8, 4) is 23.3 Å². The molecular formula is C17H17NO3. The van der Waals surface area contributed by atoms with Gasteiger partial charge in [-0.2, -0.15) is 5.26 Å². The molecule has 1 N–H and O–H groups in total. The second-order valence-corrected chi connectivity index (χ2v) is 4.50. The third-order valence-corrected chi connectivity index (χ3v) is 2.88. The highest BCUT2D eigenvalue weighted by atomic mass is 16.5. The monoisotopic (exact) mass is 283 g/mol. The maximum Gasteiger partial charge on any atom is 0.169 e. The molecule has 4 heteroatoms. The van der Waals surface area contributed by atoms with Crippen molar-refractivity contribution < 1.29 is 14.6 Å². The molecule has 4 nitrogen and oxygen atoms in total. The lowest BCUT2D eigenvalue weighted by molar-refractivity contribution is 0.281. The molecule has 0 fully saturated rings. The molecule has 0 atom stereocenters. The standard InChI is InChI=1S/C17H17NO3/c1-2-9-20-16-5-3-4-6-17(16)21-15-8-7-13(12-19)10-14(15)11-18/h3-8,10,19H,2,9,12H2,1H3. The lowest BCUT2D eigenvalue weighted by Crippen LogP contribution is -1.98. The number of para-hydroxylation sites is 2. The molecule has 0 aromatic heterocycles. The van der Waals surface area contributed by atoms with Crippen LogP contribution in [-0.2, 0) is 6.61 Å². The molecule has 0 heterocycles. The van der Waals surface area contributed by atoms with Crippen LogP contribution in [0.5, 0.6) is 17.2 Å². The molecule has 0 unspecified atom stereocenters. The van der Waals surface area contributed by atoms with Gasteiger partial charge in [0.2, 0.25) is 0 Å². The Balaban J connectivity index is 2.28. The van der Waals surface area contributed by atoms with E-state index in [9.17, 15) is 5.26 Å². The lowest BCUT2D eigenvalue weighted by Gasteiger charge is -2.13. The number of aliphatic hydroxyl groups is 1. The summed E-state index contributed by atoms with van der Waals surface area (Å²) in [6.45, 7) is 2.53. The van der Waals surface area contributed by atoms with Crippen LogP contribution >= 0.6 is 0 Å². The topological polar surface area (TPSA) is 62.5 Å². The number of ether oxygens (including phenoxy) is 2. The van der Waals surface area contributed by atoms with Gasteiger partial charge in [0.25, 0.3) is 0 Å². The first kappa shape index (κ1) is 14.9. The molecule has 0 bridgehead atoms. The normalized spacial score (nSPS) is 9.95. The molecule has 0 radical (unpaired) electrons. The summed E-state index contributed by atoms with van der Waals surface area (Å²) >= 11 is 0. The fourth-order valence-corrected chi connectivity index (χ4v) is 1.84. The van der Waals surface area contributed by atoms with Crippen molar-refractivity contribution in [2.75, 3.05) is 6.61 Å². The van der Waals surface area contributed by atoms with E-state index in [0.717, 1.165) is 6.42 Å². The zero-order valence-electron chi connectivity index (χ0n) is 11.9. The Morgan fingerprint density at radius 2 is 1.86 bits per heavy atom. The minimum absolute atomic E-state index is 0.106. The van der Waals surface area contributed by atoms with Crippen molar-refractivity contribution in [2.45, 2.75) is 20.0 Å². The molecule has 0 amide bonds. The van der Waals surface area contributed by atoms with Crippen LogP contribution in [-0.4, -0.2) is 11.7 Å². The van der Waals surface area contributed by atoms with Gasteiger partial charge in [0.1, 0.15) is 11.8 Å². The molecule has 2 aromatic carbocycles. The first-order valence-electron chi connectivity index (χ1n) is 6.82. The van der Waals surface area contributed by atoms with Gasteiger partial charge in [-0.15, -0.1) is 0 Å². The molecule has 108 valence electrons. The van der Waals surface area contributed by atoms with Crippen LogP contribution in [0, 0.1) is 11.3 Å². The third kappa shape index (κ3) is 3.74. The fourth-order valence-electron chi connectivity index (χ4n) is 1.84. The van der Waals surface area contributed by atoms with Crippen LogP contribution in [0.1, 0.15) is 24.5 Å². The average molecular weight is 283 g/mol. The number of benzene rings is 2. The summed E-state index contributed by atoms with van der Waals surface area (Å²) in [6, 6.07) is 14.5. The number of aliphatic hydroxyl groups excluding tert-OH is 1. The highest BCUT2D eigenvalue weighted by molar-refractivity contribution is 5.49. The SMILES string of the molecule is CCCOc1ccccc1Oc1ccc(CO)cc1C#N. The average Bonchev–Trinajstić information content (AvgIpc) is 2.54. The van der Waals surface area contributed by atoms with E-state index < -0.39 is 0 Å². The van der Waals surface area contributed by atoms with Crippen molar-refractivity contribution in [1.29, 1.82) is 5.26 Å². The van der Waals surface area contributed by atoms with Gasteiger partial charge in [0.15, 0.2) is 11.5 Å². The van der Waals surface area contributed by atoms with E-state index >= 15 is 0 Å². The Morgan fingerprint density at radius 3 is 2.52 bits per heavy atom. The number of hydrogen-bond donors (Lipinski definition) is 1. The van der Waals surface area contributed by atoms with Gasteiger partial charge in [-0.05, 0) is 36.2 Å². The minimum atomic E-state index is -0.106.